The first-order valence-corrected chi connectivity index (χ1v) is 7.02. The zero-order valence-electron chi connectivity index (χ0n) is 12.1. The fourth-order valence-electron chi connectivity index (χ4n) is 2.11. The van der Waals surface area contributed by atoms with Crippen molar-refractivity contribution in [1.82, 2.24) is 14.9 Å². The molecule has 0 fully saturated rings. The van der Waals surface area contributed by atoms with Crippen LogP contribution in [-0.4, -0.2) is 22.0 Å². The van der Waals surface area contributed by atoms with Crippen molar-refractivity contribution in [2.24, 2.45) is 0 Å². The normalized spacial score (nSPS) is 10.5. The Labute approximate surface area is 119 Å². The fraction of sp³-hybridized carbons (Fsp3) is 0.375. The number of aryl methyl sites for hydroxylation is 2. The molecular weight excluding hydrogens is 250 g/mol. The van der Waals surface area contributed by atoms with Gasteiger partial charge in [0.15, 0.2) is 0 Å². The molecule has 0 radical (unpaired) electrons. The van der Waals surface area contributed by atoms with Gasteiger partial charge in [0.05, 0.1) is 5.69 Å². The molecule has 4 nitrogen and oxygen atoms in total. The standard InChI is InChI=1S/C16H21N3O/c1-3-15-11-19(13(2)18-15)12-16(20)17-10-9-14-7-5-4-6-8-14/h4-8,11H,3,9-10,12H2,1-2H3,(H,17,20). The van der Waals surface area contributed by atoms with Crippen molar-refractivity contribution in [2.45, 2.75) is 33.2 Å². The van der Waals surface area contributed by atoms with Crippen LogP contribution in [0.4, 0.5) is 0 Å². The highest BCUT2D eigenvalue weighted by Crippen LogP contribution is 2.03. The van der Waals surface area contributed by atoms with Crippen LogP contribution in [0, 0.1) is 6.92 Å². The van der Waals surface area contributed by atoms with E-state index in [0.717, 1.165) is 24.4 Å². The quantitative estimate of drug-likeness (QED) is 0.874. The van der Waals surface area contributed by atoms with Crippen molar-refractivity contribution < 1.29 is 4.79 Å². The van der Waals surface area contributed by atoms with Crippen LogP contribution < -0.4 is 5.32 Å². The molecule has 0 atom stereocenters. The van der Waals surface area contributed by atoms with Crippen LogP contribution >= 0.6 is 0 Å². The lowest BCUT2D eigenvalue weighted by Crippen LogP contribution is -2.29. The van der Waals surface area contributed by atoms with E-state index in [-0.39, 0.29) is 5.91 Å². The van der Waals surface area contributed by atoms with Gasteiger partial charge in [0, 0.05) is 12.7 Å². The Morgan fingerprint density at radius 2 is 2.05 bits per heavy atom. The molecule has 1 amide bonds. The maximum absolute atomic E-state index is 11.9. The molecule has 2 rings (SSSR count). The number of nitrogens with one attached hydrogen (secondary N) is 1. The van der Waals surface area contributed by atoms with Gasteiger partial charge in [-0.3, -0.25) is 4.79 Å². The van der Waals surface area contributed by atoms with Crippen LogP contribution in [-0.2, 0) is 24.2 Å². The van der Waals surface area contributed by atoms with Crippen LogP contribution in [0.2, 0.25) is 0 Å². The SMILES string of the molecule is CCc1cn(CC(=O)NCCc2ccccc2)c(C)n1. The van der Waals surface area contributed by atoms with Gasteiger partial charge in [-0.05, 0) is 25.3 Å². The molecule has 0 aliphatic heterocycles. The molecule has 1 aromatic carbocycles. The van der Waals surface area contributed by atoms with E-state index in [4.69, 9.17) is 0 Å². The number of hydrogen-bond acceptors (Lipinski definition) is 2. The first-order valence-electron chi connectivity index (χ1n) is 7.02. The highest BCUT2D eigenvalue weighted by molar-refractivity contribution is 5.75. The van der Waals surface area contributed by atoms with Crippen LogP contribution in [0.5, 0.6) is 0 Å². The van der Waals surface area contributed by atoms with Gasteiger partial charge in [-0.15, -0.1) is 0 Å². The summed E-state index contributed by atoms with van der Waals surface area (Å²) in [5.74, 6) is 0.921. The van der Waals surface area contributed by atoms with E-state index in [1.165, 1.54) is 5.56 Å². The lowest BCUT2D eigenvalue weighted by Gasteiger charge is -2.07. The summed E-state index contributed by atoms with van der Waals surface area (Å²) in [6.07, 6.45) is 3.70. The lowest BCUT2D eigenvalue weighted by atomic mass is 10.1. The number of aromatic nitrogens is 2. The largest absolute Gasteiger partial charge is 0.354 e. The van der Waals surface area contributed by atoms with E-state index in [0.29, 0.717) is 13.1 Å². The minimum atomic E-state index is 0.0316. The Balaban J connectivity index is 1.79. The topological polar surface area (TPSA) is 46.9 Å². The molecule has 0 saturated heterocycles. The summed E-state index contributed by atoms with van der Waals surface area (Å²) in [6.45, 7) is 4.99. The van der Waals surface area contributed by atoms with Gasteiger partial charge in [-0.1, -0.05) is 37.3 Å². The van der Waals surface area contributed by atoms with E-state index in [1.807, 2.05) is 35.9 Å². The number of benzene rings is 1. The van der Waals surface area contributed by atoms with Crippen molar-refractivity contribution in [2.75, 3.05) is 6.54 Å². The van der Waals surface area contributed by atoms with Gasteiger partial charge < -0.3 is 9.88 Å². The first kappa shape index (κ1) is 14.3. The van der Waals surface area contributed by atoms with Crippen LogP contribution in [0.25, 0.3) is 0 Å². The number of nitrogens with zero attached hydrogens (tertiary/aromatic N) is 2. The monoisotopic (exact) mass is 271 g/mol. The highest BCUT2D eigenvalue weighted by Gasteiger charge is 2.07. The van der Waals surface area contributed by atoms with E-state index < -0.39 is 0 Å². The van der Waals surface area contributed by atoms with Gasteiger partial charge in [0.2, 0.25) is 5.91 Å². The van der Waals surface area contributed by atoms with Gasteiger partial charge in [0.25, 0.3) is 0 Å². The number of hydrogen-bond donors (Lipinski definition) is 1. The number of imidazole rings is 1. The molecule has 20 heavy (non-hydrogen) atoms. The summed E-state index contributed by atoms with van der Waals surface area (Å²) in [5, 5.41) is 2.95. The molecule has 0 aliphatic rings. The Morgan fingerprint density at radius 3 is 2.70 bits per heavy atom. The molecule has 106 valence electrons. The summed E-state index contributed by atoms with van der Waals surface area (Å²) in [4.78, 5) is 16.3. The van der Waals surface area contributed by atoms with Crippen molar-refractivity contribution in [3.63, 3.8) is 0 Å². The average Bonchev–Trinajstić information content (AvgIpc) is 2.80. The lowest BCUT2D eigenvalue weighted by molar-refractivity contribution is -0.121. The predicted octanol–water partition coefficient (Wildman–Crippen LogP) is 2.11. The third-order valence-corrected chi connectivity index (χ3v) is 3.28. The second-order valence-electron chi connectivity index (χ2n) is 4.85. The van der Waals surface area contributed by atoms with Gasteiger partial charge >= 0.3 is 0 Å². The zero-order chi connectivity index (χ0) is 14.4. The summed E-state index contributed by atoms with van der Waals surface area (Å²) >= 11 is 0. The summed E-state index contributed by atoms with van der Waals surface area (Å²) in [6, 6.07) is 10.2. The van der Waals surface area contributed by atoms with Crippen LogP contribution in [0.3, 0.4) is 0 Å². The molecule has 1 N–H and O–H groups in total. The summed E-state index contributed by atoms with van der Waals surface area (Å²) in [5.41, 5.74) is 2.26. The molecule has 1 aromatic heterocycles. The molecule has 2 aromatic rings. The first-order chi connectivity index (χ1) is 9.69. The van der Waals surface area contributed by atoms with E-state index in [1.54, 1.807) is 0 Å². The Bertz CT molecular complexity index is 560. The minimum absolute atomic E-state index is 0.0316. The molecule has 4 heteroatoms. The fourth-order valence-corrected chi connectivity index (χ4v) is 2.11. The second kappa shape index (κ2) is 6.89. The predicted molar refractivity (Wildman–Crippen MR) is 79.5 cm³/mol. The van der Waals surface area contributed by atoms with E-state index in [2.05, 4.69) is 29.4 Å². The van der Waals surface area contributed by atoms with Crippen LogP contribution in [0.15, 0.2) is 36.5 Å². The van der Waals surface area contributed by atoms with Gasteiger partial charge in [-0.25, -0.2) is 4.98 Å². The van der Waals surface area contributed by atoms with Gasteiger partial charge in [-0.2, -0.15) is 0 Å². The number of carbonyl (C=O) groups excluding carboxylic acids is 1. The number of rotatable bonds is 6. The summed E-state index contributed by atoms with van der Waals surface area (Å²) in [7, 11) is 0. The van der Waals surface area contributed by atoms with E-state index in [9.17, 15) is 4.79 Å². The number of carbonyl (C=O) groups is 1. The molecule has 0 spiro atoms. The summed E-state index contributed by atoms with van der Waals surface area (Å²) < 4.78 is 1.90. The van der Waals surface area contributed by atoms with Crippen molar-refractivity contribution in [3.05, 3.63) is 53.6 Å². The number of amides is 1. The Kier molecular flexibility index (Phi) is 4.93. The minimum Gasteiger partial charge on any atom is -0.354 e. The highest BCUT2D eigenvalue weighted by atomic mass is 16.1. The van der Waals surface area contributed by atoms with Gasteiger partial charge in [0.1, 0.15) is 12.4 Å². The average molecular weight is 271 g/mol. The third kappa shape index (κ3) is 3.95. The van der Waals surface area contributed by atoms with Crippen molar-refractivity contribution in [3.8, 4) is 0 Å². The molecule has 0 unspecified atom stereocenters. The molecule has 0 saturated carbocycles. The second-order valence-corrected chi connectivity index (χ2v) is 4.85. The van der Waals surface area contributed by atoms with E-state index >= 15 is 0 Å². The smallest absolute Gasteiger partial charge is 0.239 e. The maximum atomic E-state index is 11.9. The Hall–Kier alpha value is -2.10. The zero-order valence-corrected chi connectivity index (χ0v) is 12.1. The third-order valence-electron chi connectivity index (χ3n) is 3.28. The molecule has 1 heterocycles. The van der Waals surface area contributed by atoms with Crippen molar-refractivity contribution in [1.29, 1.82) is 0 Å². The molecular formula is C16H21N3O. The van der Waals surface area contributed by atoms with Crippen molar-refractivity contribution >= 4 is 5.91 Å². The van der Waals surface area contributed by atoms with Crippen LogP contribution in [0.1, 0.15) is 24.0 Å². The molecule has 0 aliphatic carbocycles. The Morgan fingerprint density at radius 1 is 1.30 bits per heavy atom. The molecule has 0 bridgehead atoms. The maximum Gasteiger partial charge on any atom is 0.239 e.